The molecule has 2 aromatic carbocycles. The Bertz CT molecular complexity index is 903. The first kappa shape index (κ1) is 19.1. The van der Waals surface area contributed by atoms with Crippen molar-refractivity contribution < 1.29 is 19.1 Å². The van der Waals surface area contributed by atoms with Gasteiger partial charge in [-0.05, 0) is 42.7 Å². The minimum Gasteiger partial charge on any atom is -0.445 e. The lowest BCUT2D eigenvalue weighted by Gasteiger charge is -2.23. The summed E-state index contributed by atoms with van der Waals surface area (Å²) in [7, 11) is 0. The Morgan fingerprint density at radius 2 is 1.82 bits per heavy atom. The Labute approximate surface area is 162 Å². The number of benzene rings is 2. The SMILES string of the molecule is N#Cc1ccc(C(=O)NC(=O)[C@@H]2CCCN2C(=O)OCc2ccccc2)cc1. The van der Waals surface area contributed by atoms with Crippen molar-refractivity contribution in [3.8, 4) is 6.07 Å². The van der Waals surface area contributed by atoms with Gasteiger partial charge in [0.15, 0.2) is 0 Å². The number of nitriles is 1. The lowest BCUT2D eigenvalue weighted by atomic mass is 10.1. The zero-order valence-corrected chi connectivity index (χ0v) is 15.1. The molecule has 7 heteroatoms. The maximum atomic E-state index is 12.5. The van der Waals surface area contributed by atoms with Crippen LogP contribution in [0.3, 0.4) is 0 Å². The lowest BCUT2D eigenvalue weighted by Crippen LogP contribution is -2.47. The van der Waals surface area contributed by atoms with Gasteiger partial charge in [-0.25, -0.2) is 4.79 Å². The second-order valence-corrected chi connectivity index (χ2v) is 6.40. The molecule has 1 atom stereocenters. The molecule has 1 aliphatic heterocycles. The monoisotopic (exact) mass is 377 g/mol. The quantitative estimate of drug-likeness (QED) is 0.826. The number of carbonyl (C=O) groups excluding carboxylic acids is 3. The van der Waals surface area contributed by atoms with Crippen molar-refractivity contribution >= 4 is 17.9 Å². The molecule has 1 heterocycles. The summed E-state index contributed by atoms with van der Waals surface area (Å²) < 4.78 is 5.30. The predicted molar refractivity (Wildman–Crippen MR) is 100.0 cm³/mol. The van der Waals surface area contributed by atoms with E-state index < -0.39 is 23.9 Å². The second-order valence-electron chi connectivity index (χ2n) is 6.40. The van der Waals surface area contributed by atoms with Crippen molar-refractivity contribution in [3.05, 3.63) is 71.3 Å². The molecule has 1 N–H and O–H groups in total. The third kappa shape index (κ3) is 4.54. The van der Waals surface area contributed by atoms with Crippen molar-refractivity contribution in [2.45, 2.75) is 25.5 Å². The average molecular weight is 377 g/mol. The molecule has 3 amide bonds. The molecule has 0 saturated carbocycles. The fourth-order valence-electron chi connectivity index (χ4n) is 3.02. The van der Waals surface area contributed by atoms with E-state index in [1.807, 2.05) is 36.4 Å². The van der Waals surface area contributed by atoms with Gasteiger partial charge in [-0.1, -0.05) is 30.3 Å². The van der Waals surface area contributed by atoms with Gasteiger partial charge in [0.2, 0.25) is 5.91 Å². The summed E-state index contributed by atoms with van der Waals surface area (Å²) in [4.78, 5) is 38.5. The topological polar surface area (TPSA) is 99.5 Å². The fourth-order valence-corrected chi connectivity index (χ4v) is 3.02. The van der Waals surface area contributed by atoms with Gasteiger partial charge < -0.3 is 4.74 Å². The molecule has 1 fully saturated rings. The number of imide groups is 1. The van der Waals surface area contributed by atoms with Crippen LogP contribution in [0.15, 0.2) is 54.6 Å². The fraction of sp³-hybridized carbons (Fsp3) is 0.238. The summed E-state index contributed by atoms with van der Waals surface area (Å²) in [5.74, 6) is -1.11. The maximum Gasteiger partial charge on any atom is 0.410 e. The van der Waals surface area contributed by atoms with E-state index in [0.29, 0.717) is 24.9 Å². The van der Waals surface area contributed by atoms with Crippen molar-refractivity contribution in [3.63, 3.8) is 0 Å². The van der Waals surface area contributed by atoms with Gasteiger partial charge in [0.1, 0.15) is 12.6 Å². The Kier molecular flexibility index (Phi) is 6.02. The van der Waals surface area contributed by atoms with E-state index >= 15 is 0 Å². The number of hydrogen-bond donors (Lipinski definition) is 1. The number of carbonyl (C=O) groups is 3. The molecule has 3 rings (SSSR count). The molecule has 2 aromatic rings. The second kappa shape index (κ2) is 8.82. The number of nitrogens with one attached hydrogen (secondary N) is 1. The zero-order valence-electron chi connectivity index (χ0n) is 15.1. The molecule has 142 valence electrons. The summed E-state index contributed by atoms with van der Waals surface area (Å²) in [5.41, 5.74) is 1.54. The van der Waals surface area contributed by atoms with E-state index in [1.54, 1.807) is 0 Å². The van der Waals surface area contributed by atoms with Crippen LogP contribution in [0, 0.1) is 11.3 Å². The predicted octanol–water partition coefficient (Wildman–Crippen LogP) is 2.62. The van der Waals surface area contributed by atoms with Crippen LogP contribution in [0.5, 0.6) is 0 Å². The molecule has 0 aliphatic carbocycles. The molecule has 0 spiro atoms. The highest BCUT2D eigenvalue weighted by Crippen LogP contribution is 2.19. The summed E-state index contributed by atoms with van der Waals surface area (Å²) in [6.07, 6.45) is 0.545. The largest absolute Gasteiger partial charge is 0.445 e. The van der Waals surface area contributed by atoms with Gasteiger partial charge in [0.05, 0.1) is 11.6 Å². The summed E-state index contributed by atoms with van der Waals surface area (Å²) in [5, 5.41) is 11.1. The highest BCUT2D eigenvalue weighted by Gasteiger charge is 2.35. The van der Waals surface area contributed by atoms with Gasteiger partial charge in [-0.2, -0.15) is 5.26 Å². The number of nitrogens with zero attached hydrogens (tertiary/aromatic N) is 2. The number of likely N-dealkylation sites (tertiary alicyclic amines) is 1. The zero-order chi connectivity index (χ0) is 19.9. The summed E-state index contributed by atoms with van der Waals surface area (Å²) >= 11 is 0. The van der Waals surface area contributed by atoms with Crippen LogP contribution in [-0.2, 0) is 16.1 Å². The van der Waals surface area contributed by atoms with Crippen molar-refractivity contribution in [1.82, 2.24) is 10.2 Å². The molecular formula is C21H19N3O4. The highest BCUT2D eigenvalue weighted by atomic mass is 16.6. The number of amides is 3. The first-order chi connectivity index (χ1) is 13.6. The first-order valence-corrected chi connectivity index (χ1v) is 8.91. The molecule has 1 saturated heterocycles. The Balaban J connectivity index is 1.58. The van der Waals surface area contributed by atoms with Gasteiger partial charge in [0.25, 0.3) is 5.91 Å². The molecule has 0 aromatic heterocycles. The van der Waals surface area contributed by atoms with E-state index in [1.165, 1.54) is 29.2 Å². The standard InChI is InChI=1S/C21H19N3O4/c22-13-15-8-10-17(11-9-15)19(25)23-20(26)18-7-4-12-24(18)21(27)28-14-16-5-2-1-3-6-16/h1-3,5-6,8-11,18H,4,7,12,14H2,(H,23,25,26)/t18-/m0/s1. The normalized spacial score (nSPS) is 15.5. The van der Waals surface area contributed by atoms with Gasteiger partial charge >= 0.3 is 6.09 Å². The number of hydrogen-bond acceptors (Lipinski definition) is 5. The Hall–Kier alpha value is -3.66. The van der Waals surface area contributed by atoms with Crippen LogP contribution in [0.2, 0.25) is 0 Å². The molecule has 0 unspecified atom stereocenters. The minimum atomic E-state index is -0.745. The average Bonchev–Trinajstić information content (AvgIpc) is 3.23. The summed E-state index contributed by atoms with van der Waals surface area (Å²) in [6.45, 7) is 0.519. The highest BCUT2D eigenvalue weighted by molar-refractivity contribution is 6.06. The van der Waals surface area contributed by atoms with Crippen molar-refractivity contribution in [2.24, 2.45) is 0 Å². The van der Waals surface area contributed by atoms with Crippen molar-refractivity contribution in [1.29, 1.82) is 5.26 Å². The van der Waals surface area contributed by atoms with Crippen molar-refractivity contribution in [2.75, 3.05) is 6.54 Å². The molecule has 7 nitrogen and oxygen atoms in total. The number of ether oxygens (including phenoxy) is 1. The van der Waals surface area contributed by atoms with E-state index in [0.717, 1.165) is 5.56 Å². The van der Waals surface area contributed by atoms with Crippen LogP contribution >= 0.6 is 0 Å². The molecule has 0 bridgehead atoms. The van der Waals surface area contributed by atoms with E-state index in [-0.39, 0.29) is 12.2 Å². The Morgan fingerprint density at radius 1 is 1.11 bits per heavy atom. The third-order valence-corrected chi connectivity index (χ3v) is 4.51. The summed E-state index contributed by atoms with van der Waals surface area (Å²) in [6, 6.07) is 16.4. The smallest absolute Gasteiger partial charge is 0.410 e. The van der Waals surface area contributed by atoms with E-state index in [2.05, 4.69) is 5.32 Å². The molecule has 0 radical (unpaired) electrons. The minimum absolute atomic E-state index is 0.120. The van der Waals surface area contributed by atoms with Gasteiger partial charge in [-0.3, -0.25) is 19.8 Å². The van der Waals surface area contributed by atoms with Gasteiger partial charge in [-0.15, -0.1) is 0 Å². The third-order valence-electron chi connectivity index (χ3n) is 4.51. The van der Waals surface area contributed by atoms with Crippen LogP contribution in [0.1, 0.15) is 34.3 Å². The van der Waals surface area contributed by atoms with Crippen LogP contribution in [-0.4, -0.2) is 35.4 Å². The lowest BCUT2D eigenvalue weighted by molar-refractivity contribution is -0.124. The van der Waals surface area contributed by atoms with Gasteiger partial charge in [0, 0.05) is 12.1 Å². The molecule has 1 aliphatic rings. The van der Waals surface area contributed by atoms with E-state index in [9.17, 15) is 14.4 Å². The maximum absolute atomic E-state index is 12.5. The van der Waals surface area contributed by atoms with Crippen LogP contribution in [0.4, 0.5) is 4.79 Å². The number of rotatable bonds is 4. The van der Waals surface area contributed by atoms with Crippen LogP contribution in [0.25, 0.3) is 0 Å². The first-order valence-electron chi connectivity index (χ1n) is 8.91. The Morgan fingerprint density at radius 3 is 2.50 bits per heavy atom. The van der Waals surface area contributed by atoms with E-state index in [4.69, 9.17) is 10.00 Å². The van der Waals surface area contributed by atoms with Crippen LogP contribution < -0.4 is 5.32 Å². The molecule has 28 heavy (non-hydrogen) atoms. The molecular weight excluding hydrogens is 358 g/mol.